The molecule has 1 aliphatic rings. The molecule has 0 saturated heterocycles. The second kappa shape index (κ2) is 7.23. The van der Waals surface area contributed by atoms with Crippen molar-refractivity contribution in [2.75, 3.05) is 5.32 Å². The molecule has 1 aromatic carbocycles. The molecule has 0 amide bonds. The van der Waals surface area contributed by atoms with E-state index in [1.54, 1.807) is 15.4 Å². The maximum absolute atomic E-state index is 10.3. The van der Waals surface area contributed by atoms with Gasteiger partial charge >= 0.3 is 0 Å². The molecule has 0 spiro atoms. The van der Waals surface area contributed by atoms with Gasteiger partial charge in [0.25, 0.3) is 0 Å². The van der Waals surface area contributed by atoms with Crippen LogP contribution in [0.3, 0.4) is 0 Å². The number of fused-ring (bicyclic) bond motifs is 1. The third-order valence-electron chi connectivity index (χ3n) is 5.86. The molecule has 3 aromatic heterocycles. The highest BCUT2D eigenvalue weighted by Crippen LogP contribution is 2.30. The Hall–Kier alpha value is -3.23. The molecule has 3 heterocycles. The monoisotopic (exact) mass is 404 g/mol. The third-order valence-corrected chi connectivity index (χ3v) is 5.86. The van der Waals surface area contributed by atoms with Crippen molar-refractivity contribution in [3.05, 3.63) is 55.0 Å². The molecule has 0 bridgehead atoms. The molecule has 8 heteroatoms. The maximum atomic E-state index is 10.3. The number of aliphatic hydroxyl groups excluding tert-OH is 2. The van der Waals surface area contributed by atoms with Gasteiger partial charge in [-0.15, -0.1) is 0 Å². The van der Waals surface area contributed by atoms with Crippen LogP contribution in [-0.4, -0.2) is 52.8 Å². The van der Waals surface area contributed by atoms with Crippen LogP contribution in [0.4, 0.5) is 5.82 Å². The molecule has 1 saturated carbocycles. The minimum absolute atomic E-state index is 0.0400. The van der Waals surface area contributed by atoms with E-state index in [4.69, 9.17) is 5.10 Å². The number of aromatic nitrogens is 5. The summed E-state index contributed by atoms with van der Waals surface area (Å²) in [5.41, 5.74) is 4.62. The third kappa shape index (κ3) is 3.24. The smallest absolute Gasteiger partial charge is 0.157 e. The van der Waals surface area contributed by atoms with Crippen LogP contribution in [-0.2, 0) is 7.05 Å². The van der Waals surface area contributed by atoms with E-state index >= 15 is 0 Å². The van der Waals surface area contributed by atoms with Gasteiger partial charge < -0.3 is 15.5 Å². The highest BCUT2D eigenvalue weighted by molar-refractivity contribution is 5.72. The minimum Gasteiger partial charge on any atom is -0.390 e. The number of aryl methyl sites for hydroxylation is 1. The lowest BCUT2D eigenvalue weighted by molar-refractivity contribution is 0.0210. The number of aliphatic hydroxyl groups is 2. The molecule has 8 nitrogen and oxygen atoms in total. The first-order valence-electron chi connectivity index (χ1n) is 10.1. The van der Waals surface area contributed by atoms with Crippen LogP contribution >= 0.6 is 0 Å². The number of nitrogens with one attached hydrogen (secondary N) is 1. The summed E-state index contributed by atoms with van der Waals surface area (Å²) in [5.74, 6) is 0.776. The van der Waals surface area contributed by atoms with Crippen molar-refractivity contribution in [3.8, 4) is 22.4 Å². The van der Waals surface area contributed by atoms with E-state index in [0.717, 1.165) is 28.2 Å². The highest BCUT2D eigenvalue weighted by Gasteiger charge is 2.39. The number of hydrogen-bond acceptors (Lipinski definition) is 6. The van der Waals surface area contributed by atoms with Crippen LogP contribution in [0.5, 0.6) is 0 Å². The first-order chi connectivity index (χ1) is 14.5. The zero-order valence-electron chi connectivity index (χ0n) is 16.8. The Balaban J connectivity index is 1.48. The number of hydrogen-bond donors (Lipinski definition) is 3. The standard InChI is InChI=1S/C22H24N6O2/c1-13-8-18(22(30)21(13)29)25-19-6-7-23-20-10-17(26-28(19)20)15-5-3-4-14(9-15)16-11-24-27(2)12-16/h3-7,9-13,18,21-22,25,29-30H,8H2,1-2H3/t13?,18-,21?,22+/m1/s1. The van der Waals surface area contributed by atoms with Gasteiger partial charge in [-0.1, -0.05) is 25.1 Å². The van der Waals surface area contributed by atoms with E-state index in [1.807, 2.05) is 50.6 Å². The molecule has 4 aromatic rings. The Morgan fingerprint density at radius 3 is 2.63 bits per heavy atom. The van der Waals surface area contributed by atoms with Crippen LogP contribution in [0.1, 0.15) is 13.3 Å². The van der Waals surface area contributed by atoms with Crippen molar-refractivity contribution in [1.82, 2.24) is 24.4 Å². The summed E-state index contributed by atoms with van der Waals surface area (Å²) in [7, 11) is 1.90. The predicted octanol–water partition coefficient (Wildman–Crippen LogP) is 2.34. The molecule has 3 N–H and O–H groups in total. The molecule has 2 unspecified atom stereocenters. The number of rotatable bonds is 4. The zero-order chi connectivity index (χ0) is 20.8. The Morgan fingerprint density at radius 1 is 1.07 bits per heavy atom. The fourth-order valence-corrected chi connectivity index (χ4v) is 4.16. The van der Waals surface area contributed by atoms with Gasteiger partial charge in [0.05, 0.1) is 24.0 Å². The van der Waals surface area contributed by atoms with E-state index in [0.29, 0.717) is 12.1 Å². The quantitative estimate of drug-likeness (QED) is 0.483. The van der Waals surface area contributed by atoms with Gasteiger partial charge in [-0.05, 0) is 30.0 Å². The molecule has 0 radical (unpaired) electrons. The lowest BCUT2D eigenvalue weighted by Crippen LogP contribution is -2.35. The average Bonchev–Trinajstić information content (AvgIpc) is 3.44. The van der Waals surface area contributed by atoms with E-state index in [9.17, 15) is 10.2 Å². The van der Waals surface area contributed by atoms with Gasteiger partial charge in [-0.25, -0.2) is 4.98 Å². The van der Waals surface area contributed by atoms with Crippen LogP contribution in [0.2, 0.25) is 0 Å². The van der Waals surface area contributed by atoms with Crippen molar-refractivity contribution in [3.63, 3.8) is 0 Å². The fraction of sp³-hybridized carbons (Fsp3) is 0.318. The predicted molar refractivity (Wildman–Crippen MR) is 114 cm³/mol. The van der Waals surface area contributed by atoms with Crippen LogP contribution < -0.4 is 5.32 Å². The first kappa shape index (κ1) is 18.8. The molecule has 4 atom stereocenters. The lowest BCUT2D eigenvalue weighted by atomic mass is 10.0. The van der Waals surface area contributed by atoms with Gasteiger partial charge in [0.15, 0.2) is 5.65 Å². The summed E-state index contributed by atoms with van der Waals surface area (Å²) < 4.78 is 3.53. The normalized spacial score (nSPS) is 23.9. The summed E-state index contributed by atoms with van der Waals surface area (Å²) in [5, 5.41) is 32.7. The summed E-state index contributed by atoms with van der Waals surface area (Å²) in [4.78, 5) is 4.43. The average molecular weight is 404 g/mol. The number of nitrogens with zero attached hydrogens (tertiary/aromatic N) is 5. The molecule has 5 rings (SSSR count). The first-order valence-corrected chi connectivity index (χ1v) is 10.1. The maximum Gasteiger partial charge on any atom is 0.157 e. The summed E-state index contributed by atoms with van der Waals surface area (Å²) in [6.07, 6.45) is 4.70. The molecule has 1 aliphatic carbocycles. The molecule has 1 fully saturated rings. The molecule has 154 valence electrons. The van der Waals surface area contributed by atoms with E-state index in [2.05, 4.69) is 27.5 Å². The number of benzene rings is 1. The van der Waals surface area contributed by atoms with Crippen molar-refractivity contribution >= 4 is 11.5 Å². The van der Waals surface area contributed by atoms with E-state index < -0.39 is 12.2 Å². The van der Waals surface area contributed by atoms with Crippen LogP contribution in [0, 0.1) is 5.92 Å². The molecular weight excluding hydrogens is 380 g/mol. The minimum atomic E-state index is -0.811. The topological polar surface area (TPSA) is 101 Å². The Labute approximate surface area is 173 Å². The van der Waals surface area contributed by atoms with E-state index in [1.165, 1.54) is 0 Å². The zero-order valence-corrected chi connectivity index (χ0v) is 16.8. The highest BCUT2D eigenvalue weighted by atomic mass is 16.3. The van der Waals surface area contributed by atoms with Crippen LogP contribution in [0.15, 0.2) is 55.0 Å². The van der Waals surface area contributed by atoms with E-state index in [-0.39, 0.29) is 12.0 Å². The van der Waals surface area contributed by atoms with Gasteiger partial charge in [0.1, 0.15) is 11.9 Å². The second-order valence-electron chi connectivity index (χ2n) is 8.06. The molecule has 0 aliphatic heterocycles. The van der Waals surface area contributed by atoms with Gasteiger partial charge in [0, 0.05) is 36.6 Å². The van der Waals surface area contributed by atoms with Crippen molar-refractivity contribution in [2.24, 2.45) is 13.0 Å². The van der Waals surface area contributed by atoms with Crippen LogP contribution in [0.25, 0.3) is 28.0 Å². The van der Waals surface area contributed by atoms with Crippen molar-refractivity contribution in [2.45, 2.75) is 31.6 Å². The van der Waals surface area contributed by atoms with Crippen molar-refractivity contribution in [1.29, 1.82) is 0 Å². The van der Waals surface area contributed by atoms with Gasteiger partial charge in [0.2, 0.25) is 0 Å². The van der Waals surface area contributed by atoms with Gasteiger partial charge in [-0.2, -0.15) is 14.7 Å². The SMILES string of the molecule is CC1C[C@@H](Nc2ccnc3cc(-c4cccc(-c5cnn(C)c5)c4)nn23)[C@H](O)C1O. The Morgan fingerprint density at radius 2 is 1.90 bits per heavy atom. The summed E-state index contributed by atoms with van der Waals surface area (Å²) in [6, 6.07) is 11.7. The molecule has 30 heavy (non-hydrogen) atoms. The Kier molecular flexibility index (Phi) is 4.52. The molecular formula is C22H24N6O2. The summed E-state index contributed by atoms with van der Waals surface area (Å²) >= 11 is 0. The lowest BCUT2D eigenvalue weighted by Gasteiger charge is -2.19. The van der Waals surface area contributed by atoms with Gasteiger partial charge in [-0.3, -0.25) is 4.68 Å². The van der Waals surface area contributed by atoms with Crippen molar-refractivity contribution < 1.29 is 10.2 Å². The Bertz CT molecular complexity index is 1200. The largest absolute Gasteiger partial charge is 0.390 e. The fourth-order valence-electron chi connectivity index (χ4n) is 4.16. The number of anilines is 1. The summed E-state index contributed by atoms with van der Waals surface area (Å²) in [6.45, 7) is 1.94. The second-order valence-corrected chi connectivity index (χ2v) is 8.06.